The molecule has 1 atom stereocenters. The van der Waals surface area contributed by atoms with Crippen molar-refractivity contribution in [1.82, 2.24) is 10.3 Å². The van der Waals surface area contributed by atoms with Gasteiger partial charge in [0.15, 0.2) is 0 Å². The fourth-order valence-electron chi connectivity index (χ4n) is 1.36. The Bertz CT molecular complexity index is 410. The quantitative estimate of drug-likeness (QED) is 0.829. The third-order valence-corrected chi connectivity index (χ3v) is 2.31. The van der Waals surface area contributed by atoms with Crippen molar-refractivity contribution in [2.24, 2.45) is 5.41 Å². The normalized spacial score (nSPS) is 12.9. The van der Waals surface area contributed by atoms with Crippen LogP contribution in [0.25, 0.3) is 0 Å². The van der Waals surface area contributed by atoms with E-state index < -0.39 is 23.3 Å². The van der Waals surface area contributed by atoms with Crippen molar-refractivity contribution in [3.05, 3.63) is 30.1 Å². The van der Waals surface area contributed by atoms with E-state index in [2.05, 4.69) is 10.3 Å². The number of amides is 1. The summed E-state index contributed by atoms with van der Waals surface area (Å²) in [6.07, 6.45) is 2.95. The van der Waals surface area contributed by atoms with Crippen molar-refractivity contribution in [2.75, 3.05) is 0 Å². The minimum atomic E-state index is -1.05. The highest BCUT2D eigenvalue weighted by Gasteiger charge is 2.32. The molecule has 5 nitrogen and oxygen atoms in total. The number of aromatic nitrogens is 1. The average molecular weight is 236 g/mol. The van der Waals surface area contributed by atoms with Crippen molar-refractivity contribution in [1.29, 1.82) is 0 Å². The number of nitrogens with zero attached hydrogens (tertiary/aromatic N) is 1. The molecule has 0 saturated carbocycles. The zero-order valence-electron chi connectivity index (χ0n) is 10.1. The van der Waals surface area contributed by atoms with Crippen molar-refractivity contribution >= 4 is 11.9 Å². The molecule has 0 unspecified atom stereocenters. The molecule has 1 aromatic rings. The molecule has 1 aromatic heterocycles. The van der Waals surface area contributed by atoms with Crippen LogP contribution in [0.2, 0.25) is 0 Å². The van der Waals surface area contributed by atoms with E-state index in [9.17, 15) is 9.59 Å². The molecule has 0 saturated heterocycles. The topological polar surface area (TPSA) is 79.3 Å². The molecule has 0 radical (unpaired) electrons. The summed E-state index contributed by atoms with van der Waals surface area (Å²) in [6.45, 7) is 5.28. The van der Waals surface area contributed by atoms with Crippen LogP contribution in [-0.4, -0.2) is 28.0 Å². The summed E-state index contributed by atoms with van der Waals surface area (Å²) in [4.78, 5) is 26.7. The lowest BCUT2D eigenvalue weighted by Gasteiger charge is -2.27. The van der Waals surface area contributed by atoms with Gasteiger partial charge in [-0.05, 0) is 17.5 Å². The molecule has 92 valence electrons. The minimum absolute atomic E-state index is 0.350. The van der Waals surface area contributed by atoms with Gasteiger partial charge in [-0.3, -0.25) is 9.78 Å². The van der Waals surface area contributed by atoms with E-state index in [1.165, 1.54) is 6.20 Å². The number of pyridine rings is 1. The Balaban J connectivity index is 2.83. The van der Waals surface area contributed by atoms with Gasteiger partial charge in [-0.1, -0.05) is 20.8 Å². The van der Waals surface area contributed by atoms with Gasteiger partial charge in [0.1, 0.15) is 6.04 Å². The fourth-order valence-corrected chi connectivity index (χ4v) is 1.36. The lowest BCUT2D eigenvalue weighted by atomic mass is 9.86. The standard InChI is InChI=1S/C12H16N2O3/c1-12(2,3)9(11(16)17)14-10(15)8-5-4-6-13-7-8/h4-7,9H,1-3H3,(H,14,15)(H,16,17)/t9-/m0/s1. The number of nitrogens with one attached hydrogen (secondary N) is 1. The predicted molar refractivity (Wildman–Crippen MR) is 62.6 cm³/mol. The summed E-state index contributed by atoms with van der Waals surface area (Å²) < 4.78 is 0. The summed E-state index contributed by atoms with van der Waals surface area (Å²) in [5.41, 5.74) is -0.202. The van der Waals surface area contributed by atoms with Crippen LogP contribution in [0.1, 0.15) is 31.1 Å². The smallest absolute Gasteiger partial charge is 0.326 e. The number of hydrogen-bond donors (Lipinski definition) is 2. The zero-order valence-corrected chi connectivity index (χ0v) is 10.1. The van der Waals surface area contributed by atoms with E-state index in [1.54, 1.807) is 39.1 Å². The third-order valence-electron chi connectivity index (χ3n) is 2.31. The molecule has 0 aliphatic heterocycles. The minimum Gasteiger partial charge on any atom is -0.480 e. The second-order valence-corrected chi connectivity index (χ2v) is 4.85. The van der Waals surface area contributed by atoms with Crippen molar-refractivity contribution < 1.29 is 14.7 Å². The number of aliphatic carboxylic acids is 1. The van der Waals surface area contributed by atoms with E-state index in [1.807, 2.05) is 0 Å². The first-order chi connectivity index (χ1) is 7.82. The van der Waals surface area contributed by atoms with Crippen LogP contribution in [-0.2, 0) is 4.79 Å². The van der Waals surface area contributed by atoms with Crippen molar-refractivity contribution in [3.63, 3.8) is 0 Å². The predicted octanol–water partition coefficient (Wildman–Crippen LogP) is 1.31. The summed E-state index contributed by atoms with van der Waals surface area (Å²) in [6, 6.07) is 2.28. The van der Waals surface area contributed by atoms with Gasteiger partial charge in [-0.2, -0.15) is 0 Å². The molecule has 0 aliphatic rings. The Labute approximate surface area is 99.9 Å². The molecule has 1 rings (SSSR count). The van der Waals surface area contributed by atoms with E-state index in [-0.39, 0.29) is 0 Å². The largest absolute Gasteiger partial charge is 0.480 e. The molecule has 0 fully saturated rings. The third kappa shape index (κ3) is 3.55. The highest BCUT2D eigenvalue weighted by molar-refractivity contribution is 5.96. The Morgan fingerprint density at radius 2 is 2.06 bits per heavy atom. The first-order valence-corrected chi connectivity index (χ1v) is 5.26. The Hall–Kier alpha value is -1.91. The number of hydrogen-bond acceptors (Lipinski definition) is 3. The maximum atomic E-state index is 11.8. The lowest BCUT2D eigenvalue weighted by molar-refractivity contribution is -0.142. The van der Waals surface area contributed by atoms with Crippen LogP contribution in [0.3, 0.4) is 0 Å². The molecule has 1 amide bonds. The molecule has 0 aromatic carbocycles. The summed E-state index contributed by atoms with van der Waals surface area (Å²) >= 11 is 0. The second-order valence-electron chi connectivity index (χ2n) is 4.85. The molecule has 0 spiro atoms. The van der Waals surface area contributed by atoms with Crippen LogP contribution < -0.4 is 5.32 Å². The summed E-state index contributed by atoms with van der Waals surface area (Å²) in [5.74, 6) is -1.48. The fraction of sp³-hybridized carbons (Fsp3) is 0.417. The second kappa shape index (κ2) is 4.95. The molecular weight excluding hydrogens is 220 g/mol. The van der Waals surface area contributed by atoms with Gasteiger partial charge >= 0.3 is 5.97 Å². The Kier molecular flexibility index (Phi) is 3.83. The summed E-state index contributed by atoms with van der Waals surface area (Å²) in [5, 5.41) is 11.6. The zero-order chi connectivity index (χ0) is 13.1. The Morgan fingerprint density at radius 3 is 2.47 bits per heavy atom. The molecule has 1 heterocycles. The van der Waals surface area contributed by atoms with Gasteiger partial charge < -0.3 is 10.4 Å². The number of carbonyl (C=O) groups excluding carboxylic acids is 1. The van der Waals surface area contributed by atoms with Crippen LogP contribution in [0, 0.1) is 5.41 Å². The molecule has 2 N–H and O–H groups in total. The Morgan fingerprint density at radius 1 is 1.41 bits per heavy atom. The van der Waals surface area contributed by atoms with E-state index in [4.69, 9.17) is 5.11 Å². The molecule has 0 aliphatic carbocycles. The molecule has 17 heavy (non-hydrogen) atoms. The average Bonchev–Trinajstić information content (AvgIpc) is 2.24. The lowest BCUT2D eigenvalue weighted by Crippen LogP contribution is -2.49. The van der Waals surface area contributed by atoms with Crippen LogP contribution >= 0.6 is 0 Å². The maximum Gasteiger partial charge on any atom is 0.326 e. The monoisotopic (exact) mass is 236 g/mol. The van der Waals surface area contributed by atoms with Gasteiger partial charge in [0.25, 0.3) is 5.91 Å². The number of carboxylic acids is 1. The van der Waals surface area contributed by atoms with Crippen molar-refractivity contribution in [3.8, 4) is 0 Å². The number of carboxylic acid groups (broad SMARTS) is 1. The highest BCUT2D eigenvalue weighted by atomic mass is 16.4. The highest BCUT2D eigenvalue weighted by Crippen LogP contribution is 2.19. The summed E-state index contributed by atoms with van der Waals surface area (Å²) in [7, 11) is 0. The number of carbonyl (C=O) groups is 2. The van der Waals surface area contributed by atoms with E-state index in [0.29, 0.717) is 5.56 Å². The van der Waals surface area contributed by atoms with Crippen molar-refractivity contribution in [2.45, 2.75) is 26.8 Å². The number of rotatable bonds is 3. The van der Waals surface area contributed by atoms with Gasteiger partial charge in [0.2, 0.25) is 0 Å². The molecule has 5 heteroatoms. The molecule has 0 bridgehead atoms. The SMILES string of the molecule is CC(C)(C)[C@@H](NC(=O)c1cccnc1)C(=O)O. The first kappa shape index (κ1) is 13.2. The maximum absolute atomic E-state index is 11.8. The van der Waals surface area contributed by atoms with Crippen LogP contribution in [0.5, 0.6) is 0 Å². The first-order valence-electron chi connectivity index (χ1n) is 5.26. The van der Waals surface area contributed by atoms with Gasteiger partial charge in [0, 0.05) is 12.4 Å². The van der Waals surface area contributed by atoms with Gasteiger partial charge in [0.05, 0.1) is 5.56 Å². The van der Waals surface area contributed by atoms with Crippen LogP contribution in [0.15, 0.2) is 24.5 Å². The van der Waals surface area contributed by atoms with Gasteiger partial charge in [-0.15, -0.1) is 0 Å². The van der Waals surface area contributed by atoms with Crippen LogP contribution in [0.4, 0.5) is 0 Å². The molecular formula is C12H16N2O3. The van der Waals surface area contributed by atoms with E-state index >= 15 is 0 Å². The van der Waals surface area contributed by atoms with Gasteiger partial charge in [-0.25, -0.2) is 4.79 Å². The van der Waals surface area contributed by atoms with E-state index in [0.717, 1.165) is 0 Å².